The fraction of sp³-hybridized carbons (Fsp3) is 0.440. The van der Waals surface area contributed by atoms with Gasteiger partial charge >= 0.3 is 11.7 Å². The Labute approximate surface area is 211 Å². The maximum atomic E-state index is 13.9. The fourth-order valence-electron chi connectivity index (χ4n) is 3.83. The van der Waals surface area contributed by atoms with Gasteiger partial charge in [0.25, 0.3) is 5.56 Å². The van der Waals surface area contributed by atoms with Crippen LogP contribution >= 0.6 is 11.3 Å². The predicted octanol–water partition coefficient (Wildman–Crippen LogP) is 2.97. The highest BCUT2D eigenvalue weighted by Gasteiger charge is 2.25. The largest absolute Gasteiger partial charge is 0.496 e. The number of rotatable bonds is 9. The van der Waals surface area contributed by atoms with Crippen LogP contribution in [0.5, 0.6) is 5.75 Å². The van der Waals surface area contributed by atoms with Crippen molar-refractivity contribution in [1.82, 2.24) is 14.0 Å². The molecule has 11 heteroatoms. The Morgan fingerprint density at radius 3 is 2.50 bits per heavy atom. The Morgan fingerprint density at radius 1 is 1.19 bits per heavy atom. The van der Waals surface area contributed by atoms with Crippen LogP contribution in [0.15, 0.2) is 27.8 Å². The fourth-order valence-corrected chi connectivity index (χ4v) is 5.04. The molecule has 0 spiro atoms. The van der Waals surface area contributed by atoms with Crippen LogP contribution < -0.4 is 16.0 Å². The molecular formula is C25H30FN3O6S. The second kappa shape index (κ2) is 11.1. The van der Waals surface area contributed by atoms with E-state index in [1.807, 2.05) is 13.8 Å². The summed E-state index contributed by atoms with van der Waals surface area (Å²) < 4.78 is 26.6. The number of amides is 1. The molecule has 0 aliphatic heterocycles. The quantitative estimate of drug-likeness (QED) is 0.403. The summed E-state index contributed by atoms with van der Waals surface area (Å²) in [4.78, 5) is 54.2. The van der Waals surface area contributed by atoms with Gasteiger partial charge in [0.1, 0.15) is 27.8 Å². The van der Waals surface area contributed by atoms with Gasteiger partial charge in [-0.3, -0.25) is 18.7 Å². The van der Waals surface area contributed by atoms with Crippen molar-refractivity contribution in [2.75, 3.05) is 20.8 Å². The normalized spacial score (nSPS) is 11.2. The molecule has 0 aliphatic carbocycles. The van der Waals surface area contributed by atoms with Crippen molar-refractivity contribution < 1.29 is 23.5 Å². The Bertz CT molecular complexity index is 1420. The number of aromatic nitrogens is 2. The maximum Gasteiger partial charge on any atom is 0.348 e. The zero-order valence-electron chi connectivity index (χ0n) is 21.2. The number of benzene rings is 1. The molecule has 9 nitrogen and oxygen atoms in total. The first-order valence-corrected chi connectivity index (χ1v) is 12.3. The number of likely N-dealkylation sites (N-methyl/N-ethyl adjacent to an activating group) is 1. The summed E-state index contributed by atoms with van der Waals surface area (Å²) in [7, 11) is 3.06. The summed E-state index contributed by atoms with van der Waals surface area (Å²) in [6.07, 6.45) is 0.208. The zero-order valence-corrected chi connectivity index (χ0v) is 22.0. The molecule has 0 unspecified atom stereocenters. The van der Waals surface area contributed by atoms with Gasteiger partial charge in [-0.2, -0.15) is 0 Å². The van der Waals surface area contributed by atoms with E-state index in [1.54, 1.807) is 20.9 Å². The number of ether oxygens (including phenoxy) is 2. The molecule has 0 fully saturated rings. The molecule has 1 aromatic carbocycles. The standard InChI is InChI=1S/C25H30FN3O6S/c1-7-35-24(32)21-15(4)20-22(31)29(13-19(30)27(5)14(2)3)25(33)28(23(20)36-21)11-10-16-12-17(26)8-9-18(16)34-6/h8-9,12,14H,7,10-11,13H2,1-6H3. The summed E-state index contributed by atoms with van der Waals surface area (Å²) in [6, 6.07) is 3.97. The SMILES string of the molecule is CCOC(=O)c1sc2c(c1C)c(=O)n(CC(=O)N(C)C(C)C)c(=O)n2CCc1cc(F)ccc1OC. The molecule has 3 rings (SSSR count). The second-order valence-corrected chi connectivity index (χ2v) is 9.59. The molecule has 0 aliphatic rings. The second-order valence-electron chi connectivity index (χ2n) is 8.59. The number of hydrogen-bond donors (Lipinski definition) is 0. The Kier molecular flexibility index (Phi) is 8.34. The lowest BCUT2D eigenvalue weighted by molar-refractivity contribution is -0.132. The highest BCUT2D eigenvalue weighted by atomic mass is 32.1. The number of hydrogen-bond acceptors (Lipinski definition) is 7. The number of nitrogens with zero attached hydrogens (tertiary/aromatic N) is 3. The van der Waals surface area contributed by atoms with Crippen molar-refractivity contribution in [3.05, 3.63) is 60.9 Å². The molecule has 0 bridgehead atoms. The lowest BCUT2D eigenvalue weighted by Gasteiger charge is -2.22. The van der Waals surface area contributed by atoms with Crippen molar-refractivity contribution in [1.29, 1.82) is 0 Å². The van der Waals surface area contributed by atoms with Crippen molar-refractivity contribution in [3.63, 3.8) is 0 Å². The molecule has 194 valence electrons. The van der Waals surface area contributed by atoms with Crippen LogP contribution in [0.1, 0.15) is 41.6 Å². The van der Waals surface area contributed by atoms with Crippen molar-refractivity contribution in [2.45, 2.75) is 53.2 Å². The molecule has 2 heterocycles. The van der Waals surface area contributed by atoms with Crippen molar-refractivity contribution in [2.24, 2.45) is 0 Å². The van der Waals surface area contributed by atoms with Crippen LogP contribution in [0.25, 0.3) is 10.2 Å². The van der Waals surface area contributed by atoms with Crippen molar-refractivity contribution >= 4 is 33.4 Å². The molecule has 0 radical (unpaired) electrons. The van der Waals surface area contributed by atoms with Gasteiger partial charge in [-0.15, -0.1) is 11.3 Å². The minimum Gasteiger partial charge on any atom is -0.496 e. The van der Waals surface area contributed by atoms with Crippen LogP contribution in [-0.4, -0.2) is 52.7 Å². The van der Waals surface area contributed by atoms with E-state index in [1.165, 1.54) is 34.8 Å². The first kappa shape index (κ1) is 27.1. The van der Waals surface area contributed by atoms with Crippen LogP contribution in [0.2, 0.25) is 0 Å². The third-order valence-electron chi connectivity index (χ3n) is 6.06. The number of carbonyl (C=O) groups excluding carboxylic acids is 2. The van der Waals surface area contributed by atoms with Gasteiger partial charge in [0.2, 0.25) is 5.91 Å². The first-order chi connectivity index (χ1) is 17.0. The van der Waals surface area contributed by atoms with E-state index < -0.39 is 35.5 Å². The summed E-state index contributed by atoms with van der Waals surface area (Å²) in [5, 5.41) is 0.175. The van der Waals surface area contributed by atoms with Gasteiger partial charge in [0.15, 0.2) is 0 Å². The van der Waals surface area contributed by atoms with Crippen LogP contribution in [0, 0.1) is 12.7 Å². The summed E-state index contributed by atoms with van der Waals surface area (Å²) in [6.45, 7) is 6.70. The molecule has 1 amide bonds. The minimum absolute atomic E-state index is 0.0614. The van der Waals surface area contributed by atoms with Crippen LogP contribution in [-0.2, 0) is 29.0 Å². The lowest BCUT2D eigenvalue weighted by Crippen LogP contribution is -2.45. The van der Waals surface area contributed by atoms with Crippen molar-refractivity contribution in [3.8, 4) is 5.75 Å². The molecule has 3 aromatic rings. The van der Waals surface area contributed by atoms with Gasteiger partial charge in [0.05, 0.1) is 19.1 Å². The van der Waals surface area contributed by atoms with E-state index in [4.69, 9.17) is 9.47 Å². The van der Waals surface area contributed by atoms with Gasteiger partial charge in [-0.1, -0.05) is 0 Å². The molecule has 0 atom stereocenters. The molecule has 0 saturated carbocycles. The lowest BCUT2D eigenvalue weighted by atomic mass is 10.1. The average Bonchev–Trinajstić information content (AvgIpc) is 3.18. The van der Waals surface area contributed by atoms with E-state index in [0.717, 1.165) is 15.9 Å². The molecule has 2 aromatic heterocycles. The predicted molar refractivity (Wildman–Crippen MR) is 136 cm³/mol. The maximum absolute atomic E-state index is 13.9. The van der Waals surface area contributed by atoms with Crippen LogP contribution in [0.4, 0.5) is 4.39 Å². The van der Waals surface area contributed by atoms with Crippen LogP contribution in [0.3, 0.4) is 0 Å². The summed E-state index contributed by atoms with van der Waals surface area (Å²) in [5.41, 5.74) is -0.423. The Morgan fingerprint density at radius 2 is 1.89 bits per heavy atom. The zero-order chi connectivity index (χ0) is 26.7. The number of esters is 1. The highest BCUT2D eigenvalue weighted by Crippen LogP contribution is 2.29. The Hall–Kier alpha value is -3.47. The topological polar surface area (TPSA) is 99.8 Å². The van der Waals surface area contributed by atoms with E-state index >= 15 is 0 Å². The number of halogens is 1. The summed E-state index contributed by atoms with van der Waals surface area (Å²) in [5.74, 6) is -0.992. The molecule has 0 saturated heterocycles. The molecule has 0 N–H and O–H groups in total. The highest BCUT2D eigenvalue weighted by molar-refractivity contribution is 7.20. The molecule has 36 heavy (non-hydrogen) atoms. The Balaban J connectivity index is 2.21. The minimum atomic E-state index is -0.690. The van der Waals surface area contributed by atoms with Gasteiger partial charge in [-0.25, -0.2) is 14.0 Å². The van der Waals surface area contributed by atoms with Gasteiger partial charge in [0, 0.05) is 19.6 Å². The van der Waals surface area contributed by atoms with E-state index in [0.29, 0.717) is 21.7 Å². The third kappa shape index (κ3) is 5.20. The van der Waals surface area contributed by atoms with E-state index in [2.05, 4.69) is 0 Å². The number of thiophene rings is 1. The smallest absolute Gasteiger partial charge is 0.348 e. The van der Waals surface area contributed by atoms with E-state index in [-0.39, 0.29) is 35.9 Å². The van der Waals surface area contributed by atoms with E-state index in [9.17, 15) is 23.6 Å². The average molecular weight is 520 g/mol. The number of carbonyl (C=O) groups is 2. The number of methoxy groups -OCH3 is 1. The number of aryl methyl sites for hydroxylation is 3. The number of fused-ring (bicyclic) bond motifs is 1. The summed E-state index contributed by atoms with van der Waals surface area (Å²) >= 11 is 0.988. The van der Waals surface area contributed by atoms with Gasteiger partial charge < -0.3 is 14.4 Å². The monoisotopic (exact) mass is 519 g/mol. The molecular weight excluding hydrogens is 489 g/mol. The first-order valence-electron chi connectivity index (χ1n) is 11.5. The third-order valence-corrected chi connectivity index (χ3v) is 7.36. The van der Waals surface area contributed by atoms with Gasteiger partial charge in [-0.05, 0) is 63.4 Å².